The van der Waals surface area contributed by atoms with Crippen molar-refractivity contribution >= 4 is 17.2 Å². The van der Waals surface area contributed by atoms with E-state index in [9.17, 15) is 4.79 Å². The van der Waals surface area contributed by atoms with Gasteiger partial charge in [-0.2, -0.15) is 0 Å². The minimum Gasteiger partial charge on any atom is -0.501 e. The normalized spacial score (nSPS) is 16.6. The molecule has 0 saturated carbocycles. The first kappa shape index (κ1) is 8.81. The highest BCUT2D eigenvalue weighted by molar-refractivity contribution is 6.31. The number of hydrogen-bond donors (Lipinski definition) is 1. The zero-order chi connectivity index (χ0) is 9.97. The predicted molar refractivity (Wildman–Crippen MR) is 54.7 cm³/mol. The molecular formula is C11H11NO2. The summed E-state index contributed by atoms with van der Waals surface area (Å²) in [5.41, 5.74) is 2.36. The summed E-state index contributed by atoms with van der Waals surface area (Å²) in [6.45, 7) is 2.45. The summed E-state index contributed by atoms with van der Waals surface area (Å²) in [7, 11) is 0. The van der Waals surface area contributed by atoms with Crippen molar-refractivity contribution in [3.63, 3.8) is 0 Å². The Morgan fingerprint density at radius 1 is 1.43 bits per heavy atom. The van der Waals surface area contributed by atoms with Gasteiger partial charge in [0.05, 0.1) is 18.4 Å². The summed E-state index contributed by atoms with van der Waals surface area (Å²) in [5, 5.41) is 2.77. The highest BCUT2D eigenvalue weighted by Crippen LogP contribution is 2.30. The fourth-order valence-corrected chi connectivity index (χ4v) is 1.42. The van der Waals surface area contributed by atoms with Crippen LogP contribution in [-0.2, 0) is 9.53 Å². The van der Waals surface area contributed by atoms with Crippen LogP contribution in [-0.4, -0.2) is 12.5 Å². The van der Waals surface area contributed by atoms with Gasteiger partial charge < -0.3 is 10.1 Å². The van der Waals surface area contributed by atoms with Gasteiger partial charge in [0.2, 0.25) is 0 Å². The van der Waals surface area contributed by atoms with Crippen LogP contribution in [0.5, 0.6) is 0 Å². The van der Waals surface area contributed by atoms with Crippen molar-refractivity contribution in [2.45, 2.75) is 6.92 Å². The van der Waals surface area contributed by atoms with Gasteiger partial charge in [0.25, 0.3) is 5.91 Å². The van der Waals surface area contributed by atoms with E-state index < -0.39 is 0 Å². The van der Waals surface area contributed by atoms with Crippen LogP contribution in [0.2, 0.25) is 0 Å². The molecule has 1 aromatic carbocycles. The number of carbonyl (C=O) groups excluding carboxylic acids is 1. The van der Waals surface area contributed by atoms with E-state index in [0.29, 0.717) is 12.2 Å². The molecule has 72 valence electrons. The number of hydrogen-bond acceptors (Lipinski definition) is 2. The molecule has 0 saturated heterocycles. The first-order valence-electron chi connectivity index (χ1n) is 4.55. The van der Waals surface area contributed by atoms with Gasteiger partial charge in [-0.05, 0) is 13.0 Å². The SMILES string of the molecule is CCOC=C1C(=O)Nc2ccccc21. The average Bonchev–Trinajstić information content (AvgIpc) is 2.51. The monoisotopic (exact) mass is 189 g/mol. The van der Waals surface area contributed by atoms with Crippen molar-refractivity contribution < 1.29 is 9.53 Å². The number of ether oxygens (including phenoxy) is 1. The van der Waals surface area contributed by atoms with Crippen molar-refractivity contribution in [1.82, 2.24) is 0 Å². The molecule has 0 atom stereocenters. The Morgan fingerprint density at radius 3 is 3.00 bits per heavy atom. The van der Waals surface area contributed by atoms with Crippen molar-refractivity contribution in [3.8, 4) is 0 Å². The van der Waals surface area contributed by atoms with E-state index in [2.05, 4.69) is 5.32 Å². The molecule has 0 radical (unpaired) electrons. The lowest BCUT2D eigenvalue weighted by Crippen LogP contribution is -2.04. The molecule has 0 spiro atoms. The molecule has 1 aliphatic rings. The molecular weight excluding hydrogens is 178 g/mol. The Kier molecular flexibility index (Phi) is 2.23. The smallest absolute Gasteiger partial charge is 0.259 e. The number of anilines is 1. The average molecular weight is 189 g/mol. The van der Waals surface area contributed by atoms with Crippen LogP contribution in [0.4, 0.5) is 5.69 Å². The third-order valence-corrected chi connectivity index (χ3v) is 2.08. The predicted octanol–water partition coefficient (Wildman–Crippen LogP) is 2.02. The molecule has 0 fully saturated rings. The van der Waals surface area contributed by atoms with Crippen LogP contribution >= 0.6 is 0 Å². The molecule has 1 heterocycles. The number of rotatable bonds is 2. The van der Waals surface area contributed by atoms with E-state index in [-0.39, 0.29) is 5.91 Å². The van der Waals surface area contributed by atoms with Gasteiger partial charge in [0.1, 0.15) is 0 Å². The minimum atomic E-state index is -0.0975. The van der Waals surface area contributed by atoms with Gasteiger partial charge in [-0.1, -0.05) is 18.2 Å². The van der Waals surface area contributed by atoms with E-state index in [4.69, 9.17) is 4.74 Å². The maximum atomic E-state index is 11.5. The number of nitrogens with one attached hydrogen (secondary N) is 1. The number of benzene rings is 1. The maximum Gasteiger partial charge on any atom is 0.259 e. The van der Waals surface area contributed by atoms with Gasteiger partial charge in [0.15, 0.2) is 0 Å². The van der Waals surface area contributed by atoms with E-state index in [0.717, 1.165) is 11.3 Å². The van der Waals surface area contributed by atoms with E-state index in [1.807, 2.05) is 31.2 Å². The maximum absolute atomic E-state index is 11.5. The molecule has 0 aliphatic carbocycles. The quantitative estimate of drug-likeness (QED) is 0.571. The third-order valence-electron chi connectivity index (χ3n) is 2.08. The summed E-state index contributed by atoms with van der Waals surface area (Å²) in [6.07, 6.45) is 1.52. The Morgan fingerprint density at radius 2 is 2.21 bits per heavy atom. The molecule has 0 aromatic heterocycles. The van der Waals surface area contributed by atoms with Crippen molar-refractivity contribution in [2.24, 2.45) is 0 Å². The van der Waals surface area contributed by atoms with Gasteiger partial charge >= 0.3 is 0 Å². The zero-order valence-electron chi connectivity index (χ0n) is 7.91. The van der Waals surface area contributed by atoms with E-state index in [1.54, 1.807) is 0 Å². The van der Waals surface area contributed by atoms with Crippen LogP contribution < -0.4 is 5.32 Å². The molecule has 1 N–H and O–H groups in total. The molecule has 0 bridgehead atoms. The lowest BCUT2D eigenvalue weighted by molar-refractivity contribution is -0.110. The molecule has 1 aromatic rings. The summed E-state index contributed by atoms with van der Waals surface area (Å²) < 4.78 is 5.12. The first-order valence-corrected chi connectivity index (χ1v) is 4.55. The molecule has 3 heteroatoms. The van der Waals surface area contributed by atoms with Gasteiger partial charge in [-0.25, -0.2) is 0 Å². The topological polar surface area (TPSA) is 38.3 Å². The largest absolute Gasteiger partial charge is 0.501 e. The third kappa shape index (κ3) is 1.37. The van der Waals surface area contributed by atoms with Crippen molar-refractivity contribution in [1.29, 1.82) is 0 Å². The van der Waals surface area contributed by atoms with E-state index in [1.165, 1.54) is 6.26 Å². The number of fused-ring (bicyclic) bond motifs is 1. The summed E-state index contributed by atoms with van der Waals surface area (Å²) >= 11 is 0. The number of para-hydroxylation sites is 1. The standard InChI is InChI=1S/C11H11NO2/c1-2-14-7-9-8-5-3-4-6-10(8)12-11(9)13/h3-7H,2H2,1H3,(H,12,13). The number of carbonyl (C=O) groups is 1. The Bertz CT molecular complexity index is 396. The van der Waals surface area contributed by atoms with Crippen LogP contribution in [0, 0.1) is 0 Å². The summed E-state index contributed by atoms with van der Waals surface area (Å²) in [4.78, 5) is 11.5. The second kappa shape index (κ2) is 3.54. The molecule has 1 aliphatic heterocycles. The van der Waals surface area contributed by atoms with Crippen LogP contribution in [0.1, 0.15) is 12.5 Å². The van der Waals surface area contributed by atoms with Crippen molar-refractivity contribution in [2.75, 3.05) is 11.9 Å². The zero-order valence-corrected chi connectivity index (χ0v) is 7.91. The van der Waals surface area contributed by atoms with Gasteiger partial charge in [0, 0.05) is 11.3 Å². The minimum absolute atomic E-state index is 0.0975. The molecule has 0 unspecified atom stereocenters. The second-order valence-corrected chi connectivity index (χ2v) is 2.99. The highest BCUT2D eigenvalue weighted by Gasteiger charge is 2.23. The fourth-order valence-electron chi connectivity index (χ4n) is 1.42. The molecule has 2 rings (SSSR count). The van der Waals surface area contributed by atoms with E-state index >= 15 is 0 Å². The van der Waals surface area contributed by atoms with Crippen LogP contribution in [0.3, 0.4) is 0 Å². The van der Waals surface area contributed by atoms with Crippen LogP contribution in [0.15, 0.2) is 30.5 Å². The first-order chi connectivity index (χ1) is 6.83. The summed E-state index contributed by atoms with van der Waals surface area (Å²) in [6, 6.07) is 7.57. The van der Waals surface area contributed by atoms with Gasteiger partial charge in [-0.3, -0.25) is 4.79 Å². The Labute approximate surface area is 82.4 Å². The lowest BCUT2D eigenvalue weighted by atomic mass is 10.1. The second-order valence-electron chi connectivity index (χ2n) is 2.99. The molecule has 3 nitrogen and oxygen atoms in total. The Balaban J connectivity index is 2.39. The lowest BCUT2D eigenvalue weighted by Gasteiger charge is -1.97. The number of amides is 1. The molecule has 1 amide bonds. The summed E-state index contributed by atoms with van der Waals surface area (Å²) in [5.74, 6) is -0.0975. The Hall–Kier alpha value is -1.77. The van der Waals surface area contributed by atoms with Crippen molar-refractivity contribution in [3.05, 3.63) is 36.1 Å². The highest BCUT2D eigenvalue weighted by atomic mass is 16.5. The van der Waals surface area contributed by atoms with Gasteiger partial charge in [-0.15, -0.1) is 0 Å². The van der Waals surface area contributed by atoms with Crippen LogP contribution in [0.25, 0.3) is 5.57 Å². The molecule has 14 heavy (non-hydrogen) atoms. The fraction of sp³-hybridized carbons (Fsp3) is 0.182.